The van der Waals surface area contributed by atoms with Crippen LogP contribution in [0.15, 0.2) is 55.0 Å². The zero-order valence-electron chi connectivity index (χ0n) is 13.2. The first-order valence-corrected chi connectivity index (χ1v) is 7.44. The molecular formula is C18H18N4O. The van der Waals surface area contributed by atoms with E-state index >= 15 is 0 Å². The molecule has 0 spiro atoms. The van der Waals surface area contributed by atoms with E-state index in [2.05, 4.69) is 15.3 Å². The first-order valence-electron chi connectivity index (χ1n) is 7.44. The Balaban J connectivity index is 1.68. The van der Waals surface area contributed by atoms with Gasteiger partial charge in [-0.15, -0.1) is 0 Å². The Labute approximate surface area is 135 Å². The number of amides is 1. The molecule has 0 saturated carbocycles. The van der Waals surface area contributed by atoms with Gasteiger partial charge in [0.15, 0.2) is 0 Å². The topological polar surface area (TPSA) is 59.8 Å². The van der Waals surface area contributed by atoms with Crippen LogP contribution < -0.4 is 5.32 Å². The van der Waals surface area contributed by atoms with E-state index in [1.807, 2.05) is 61.0 Å². The summed E-state index contributed by atoms with van der Waals surface area (Å²) in [6.45, 7) is 3.92. The SMILES string of the molecule is Cc1ccccc1CC(=O)Nc1ccc(-n2ccnc2C)nc1. The van der Waals surface area contributed by atoms with Gasteiger partial charge in [-0.1, -0.05) is 24.3 Å². The molecule has 1 amide bonds. The fraction of sp³-hybridized carbons (Fsp3) is 0.167. The molecule has 23 heavy (non-hydrogen) atoms. The molecule has 3 aromatic rings. The van der Waals surface area contributed by atoms with Crippen molar-refractivity contribution >= 4 is 11.6 Å². The van der Waals surface area contributed by atoms with Gasteiger partial charge in [-0.25, -0.2) is 9.97 Å². The number of nitrogens with one attached hydrogen (secondary N) is 1. The number of carbonyl (C=O) groups is 1. The second-order valence-electron chi connectivity index (χ2n) is 5.40. The van der Waals surface area contributed by atoms with Crippen molar-refractivity contribution < 1.29 is 4.79 Å². The normalized spacial score (nSPS) is 10.5. The molecule has 2 aromatic heterocycles. The van der Waals surface area contributed by atoms with Crippen molar-refractivity contribution in [2.45, 2.75) is 20.3 Å². The summed E-state index contributed by atoms with van der Waals surface area (Å²) in [6, 6.07) is 11.6. The lowest BCUT2D eigenvalue weighted by Crippen LogP contribution is -2.15. The highest BCUT2D eigenvalue weighted by Gasteiger charge is 2.07. The van der Waals surface area contributed by atoms with E-state index in [0.29, 0.717) is 12.1 Å². The van der Waals surface area contributed by atoms with Crippen molar-refractivity contribution in [2.75, 3.05) is 5.32 Å². The summed E-state index contributed by atoms with van der Waals surface area (Å²) in [5.74, 6) is 1.60. The van der Waals surface area contributed by atoms with Gasteiger partial charge in [-0.2, -0.15) is 0 Å². The van der Waals surface area contributed by atoms with Gasteiger partial charge in [0.25, 0.3) is 0 Å². The van der Waals surface area contributed by atoms with Crippen LogP contribution in [0.4, 0.5) is 5.69 Å². The van der Waals surface area contributed by atoms with Crippen LogP contribution in [-0.2, 0) is 11.2 Å². The van der Waals surface area contributed by atoms with E-state index in [1.54, 1.807) is 12.4 Å². The minimum absolute atomic E-state index is 0.0485. The predicted octanol–water partition coefficient (Wildman–Crippen LogP) is 3.07. The Morgan fingerprint density at radius 1 is 1.13 bits per heavy atom. The molecule has 0 fully saturated rings. The maximum absolute atomic E-state index is 12.1. The number of pyridine rings is 1. The quantitative estimate of drug-likeness (QED) is 0.806. The monoisotopic (exact) mass is 306 g/mol. The molecule has 2 heterocycles. The van der Waals surface area contributed by atoms with E-state index in [9.17, 15) is 4.79 Å². The van der Waals surface area contributed by atoms with Crippen molar-refractivity contribution in [3.05, 3.63) is 71.9 Å². The van der Waals surface area contributed by atoms with E-state index < -0.39 is 0 Å². The predicted molar refractivity (Wildman–Crippen MR) is 89.6 cm³/mol. The van der Waals surface area contributed by atoms with Gasteiger partial charge < -0.3 is 5.32 Å². The van der Waals surface area contributed by atoms with Gasteiger partial charge in [0.1, 0.15) is 11.6 Å². The number of rotatable bonds is 4. The van der Waals surface area contributed by atoms with E-state index in [-0.39, 0.29) is 5.91 Å². The second-order valence-corrected chi connectivity index (χ2v) is 5.40. The van der Waals surface area contributed by atoms with Crippen molar-refractivity contribution in [1.29, 1.82) is 0 Å². The van der Waals surface area contributed by atoms with Crippen LogP contribution in [0.25, 0.3) is 5.82 Å². The molecule has 0 radical (unpaired) electrons. The molecular weight excluding hydrogens is 288 g/mol. The molecule has 0 bridgehead atoms. The molecule has 0 saturated heterocycles. The van der Waals surface area contributed by atoms with E-state index in [4.69, 9.17) is 0 Å². The van der Waals surface area contributed by atoms with Crippen LogP contribution in [0.2, 0.25) is 0 Å². The Bertz CT molecular complexity index is 821. The first kappa shape index (κ1) is 15.0. The number of imidazole rings is 1. The second kappa shape index (κ2) is 6.44. The fourth-order valence-corrected chi connectivity index (χ4v) is 2.41. The molecule has 116 valence electrons. The molecule has 0 aliphatic heterocycles. The van der Waals surface area contributed by atoms with Gasteiger partial charge in [-0.05, 0) is 37.1 Å². The summed E-state index contributed by atoms with van der Waals surface area (Å²) >= 11 is 0. The van der Waals surface area contributed by atoms with Crippen LogP contribution in [0.3, 0.4) is 0 Å². The fourth-order valence-electron chi connectivity index (χ4n) is 2.41. The third-order valence-corrected chi connectivity index (χ3v) is 3.72. The van der Waals surface area contributed by atoms with Gasteiger partial charge in [0.2, 0.25) is 5.91 Å². The molecule has 3 rings (SSSR count). The molecule has 5 nitrogen and oxygen atoms in total. The maximum atomic E-state index is 12.1. The molecule has 0 unspecified atom stereocenters. The van der Waals surface area contributed by atoms with Crippen molar-refractivity contribution in [3.63, 3.8) is 0 Å². The Kier molecular flexibility index (Phi) is 4.19. The van der Waals surface area contributed by atoms with Crippen LogP contribution in [-0.4, -0.2) is 20.4 Å². The third kappa shape index (κ3) is 3.45. The highest BCUT2D eigenvalue weighted by molar-refractivity contribution is 5.92. The summed E-state index contributed by atoms with van der Waals surface area (Å²) in [5, 5.41) is 2.88. The average molecular weight is 306 g/mol. The standard InChI is InChI=1S/C18H18N4O/c1-13-5-3-4-6-15(13)11-18(23)21-16-7-8-17(20-12-16)22-10-9-19-14(22)2/h3-10,12H,11H2,1-2H3,(H,21,23). The number of hydrogen-bond acceptors (Lipinski definition) is 3. The number of anilines is 1. The summed E-state index contributed by atoms with van der Waals surface area (Å²) < 4.78 is 1.89. The van der Waals surface area contributed by atoms with Crippen LogP contribution in [0.5, 0.6) is 0 Å². The Hall–Kier alpha value is -2.95. The average Bonchev–Trinajstić information content (AvgIpc) is 2.96. The summed E-state index contributed by atoms with van der Waals surface area (Å²) in [6.07, 6.45) is 5.60. The molecule has 0 aliphatic carbocycles. The Morgan fingerprint density at radius 2 is 1.96 bits per heavy atom. The van der Waals surface area contributed by atoms with Gasteiger partial charge in [0.05, 0.1) is 18.3 Å². The zero-order chi connectivity index (χ0) is 16.2. The van der Waals surface area contributed by atoms with Gasteiger partial charge in [-0.3, -0.25) is 9.36 Å². The first-order chi connectivity index (χ1) is 11.1. The molecule has 0 aliphatic rings. The number of aryl methyl sites for hydroxylation is 2. The van der Waals surface area contributed by atoms with Crippen LogP contribution >= 0.6 is 0 Å². The summed E-state index contributed by atoms with van der Waals surface area (Å²) in [5.41, 5.74) is 2.83. The van der Waals surface area contributed by atoms with Crippen molar-refractivity contribution in [1.82, 2.24) is 14.5 Å². The van der Waals surface area contributed by atoms with Crippen LogP contribution in [0.1, 0.15) is 17.0 Å². The van der Waals surface area contributed by atoms with Crippen molar-refractivity contribution in [3.8, 4) is 5.82 Å². The van der Waals surface area contributed by atoms with Crippen LogP contribution in [0, 0.1) is 13.8 Å². The van der Waals surface area contributed by atoms with Gasteiger partial charge >= 0.3 is 0 Å². The zero-order valence-corrected chi connectivity index (χ0v) is 13.2. The smallest absolute Gasteiger partial charge is 0.228 e. The number of carbonyl (C=O) groups excluding carboxylic acids is 1. The molecule has 0 atom stereocenters. The molecule has 5 heteroatoms. The maximum Gasteiger partial charge on any atom is 0.228 e. The minimum Gasteiger partial charge on any atom is -0.324 e. The van der Waals surface area contributed by atoms with Crippen molar-refractivity contribution in [2.24, 2.45) is 0 Å². The largest absolute Gasteiger partial charge is 0.324 e. The Morgan fingerprint density at radius 3 is 2.61 bits per heavy atom. The highest BCUT2D eigenvalue weighted by atomic mass is 16.1. The van der Waals surface area contributed by atoms with E-state index in [1.165, 1.54) is 0 Å². The number of aromatic nitrogens is 3. The summed E-state index contributed by atoms with van der Waals surface area (Å²) in [7, 11) is 0. The van der Waals surface area contributed by atoms with E-state index in [0.717, 1.165) is 22.8 Å². The summed E-state index contributed by atoms with van der Waals surface area (Å²) in [4.78, 5) is 20.7. The minimum atomic E-state index is -0.0485. The lowest BCUT2D eigenvalue weighted by atomic mass is 10.1. The lowest BCUT2D eigenvalue weighted by molar-refractivity contribution is -0.115. The molecule has 1 aromatic carbocycles. The number of nitrogens with zero attached hydrogens (tertiary/aromatic N) is 3. The third-order valence-electron chi connectivity index (χ3n) is 3.72. The highest BCUT2D eigenvalue weighted by Crippen LogP contribution is 2.13. The van der Waals surface area contributed by atoms with Gasteiger partial charge in [0, 0.05) is 12.4 Å². The number of hydrogen-bond donors (Lipinski definition) is 1. The molecule has 1 N–H and O–H groups in total. The lowest BCUT2D eigenvalue weighted by Gasteiger charge is -2.08. The number of benzene rings is 1.